The number of hydrogen-bond donors (Lipinski definition) is 0. The van der Waals surface area contributed by atoms with Gasteiger partial charge >= 0.3 is 17.9 Å². The highest BCUT2D eigenvalue weighted by Crippen LogP contribution is 2.15. The largest absolute Gasteiger partial charge is 0.462 e. The van der Waals surface area contributed by atoms with E-state index < -0.39 is 6.10 Å². The molecular formula is C63H108O6. The SMILES string of the molecule is CC/C=C\C/C=C\C/C=C\C/C=C\C/C=C\C/C=C\CCCCCCCCCCCCCCC(=O)OCC(COC(=O)CCCCCCCC)OC(=O)CCCCCCC/C=C\CCCCCCC. The van der Waals surface area contributed by atoms with E-state index in [0.717, 1.165) is 109 Å². The van der Waals surface area contributed by atoms with Gasteiger partial charge in [0, 0.05) is 19.3 Å². The molecule has 0 aromatic carbocycles. The molecule has 6 heteroatoms. The van der Waals surface area contributed by atoms with E-state index in [4.69, 9.17) is 14.2 Å². The Labute approximate surface area is 426 Å². The molecule has 1 unspecified atom stereocenters. The van der Waals surface area contributed by atoms with E-state index in [-0.39, 0.29) is 31.1 Å². The van der Waals surface area contributed by atoms with Gasteiger partial charge < -0.3 is 14.2 Å². The molecule has 0 radical (unpaired) electrons. The van der Waals surface area contributed by atoms with Crippen LogP contribution < -0.4 is 0 Å². The summed E-state index contributed by atoms with van der Waals surface area (Å²) < 4.78 is 16.7. The predicted molar refractivity (Wildman–Crippen MR) is 297 cm³/mol. The molecule has 0 aliphatic carbocycles. The molecule has 0 heterocycles. The molecule has 0 bridgehead atoms. The molecular weight excluding hydrogens is 853 g/mol. The summed E-state index contributed by atoms with van der Waals surface area (Å²) in [5.74, 6) is -0.894. The minimum absolute atomic E-state index is 0.0784. The molecule has 0 N–H and O–H groups in total. The van der Waals surface area contributed by atoms with Crippen LogP contribution in [0.5, 0.6) is 0 Å². The normalized spacial score (nSPS) is 12.7. The highest BCUT2D eigenvalue weighted by Gasteiger charge is 2.19. The summed E-state index contributed by atoms with van der Waals surface area (Å²) in [7, 11) is 0. The summed E-state index contributed by atoms with van der Waals surface area (Å²) in [6, 6.07) is 0. The molecule has 0 amide bonds. The Morgan fingerprint density at radius 3 is 0.899 bits per heavy atom. The molecule has 0 aliphatic heterocycles. The third-order valence-electron chi connectivity index (χ3n) is 12.4. The summed E-state index contributed by atoms with van der Waals surface area (Å²) in [6.07, 6.45) is 74.7. The van der Waals surface area contributed by atoms with Crippen molar-refractivity contribution in [1.82, 2.24) is 0 Å². The van der Waals surface area contributed by atoms with Crippen molar-refractivity contribution in [2.75, 3.05) is 13.2 Å². The van der Waals surface area contributed by atoms with Crippen LogP contribution in [0.2, 0.25) is 0 Å². The molecule has 0 aromatic rings. The molecule has 1 atom stereocenters. The van der Waals surface area contributed by atoms with Crippen molar-refractivity contribution in [3.05, 3.63) is 85.1 Å². The second-order valence-corrected chi connectivity index (χ2v) is 19.2. The van der Waals surface area contributed by atoms with Crippen LogP contribution in [0.15, 0.2) is 85.1 Å². The van der Waals surface area contributed by atoms with Crippen LogP contribution in [0.3, 0.4) is 0 Å². The smallest absolute Gasteiger partial charge is 0.306 e. The number of hydrogen-bond acceptors (Lipinski definition) is 6. The fourth-order valence-electron chi connectivity index (χ4n) is 8.03. The second kappa shape index (κ2) is 57.2. The van der Waals surface area contributed by atoms with Crippen LogP contribution in [0.25, 0.3) is 0 Å². The quantitative estimate of drug-likeness (QED) is 0.0262. The monoisotopic (exact) mass is 961 g/mol. The van der Waals surface area contributed by atoms with Crippen molar-refractivity contribution < 1.29 is 28.6 Å². The van der Waals surface area contributed by atoms with Crippen LogP contribution in [0.4, 0.5) is 0 Å². The first-order chi connectivity index (χ1) is 34.0. The van der Waals surface area contributed by atoms with E-state index in [0.29, 0.717) is 19.3 Å². The highest BCUT2D eigenvalue weighted by molar-refractivity contribution is 5.71. The lowest BCUT2D eigenvalue weighted by Crippen LogP contribution is -2.30. The van der Waals surface area contributed by atoms with Gasteiger partial charge in [-0.15, -0.1) is 0 Å². The van der Waals surface area contributed by atoms with Gasteiger partial charge in [0.25, 0.3) is 0 Å². The Kier molecular flexibility index (Phi) is 54.3. The van der Waals surface area contributed by atoms with Crippen molar-refractivity contribution in [2.45, 2.75) is 284 Å². The average Bonchev–Trinajstić information content (AvgIpc) is 3.35. The molecule has 0 aliphatic rings. The summed E-state index contributed by atoms with van der Waals surface area (Å²) in [4.78, 5) is 37.8. The third-order valence-corrected chi connectivity index (χ3v) is 12.4. The van der Waals surface area contributed by atoms with E-state index in [9.17, 15) is 14.4 Å². The summed E-state index contributed by atoms with van der Waals surface area (Å²) in [6.45, 7) is 6.46. The van der Waals surface area contributed by atoms with E-state index in [1.165, 1.54) is 128 Å². The maximum Gasteiger partial charge on any atom is 0.306 e. The fourth-order valence-corrected chi connectivity index (χ4v) is 8.03. The molecule has 396 valence electrons. The van der Waals surface area contributed by atoms with Gasteiger partial charge in [-0.3, -0.25) is 14.4 Å². The lowest BCUT2D eigenvalue weighted by atomic mass is 10.0. The van der Waals surface area contributed by atoms with E-state index in [1.807, 2.05) is 0 Å². The van der Waals surface area contributed by atoms with Crippen LogP contribution >= 0.6 is 0 Å². The van der Waals surface area contributed by atoms with Gasteiger partial charge in [-0.05, 0) is 96.3 Å². The molecule has 0 fully saturated rings. The van der Waals surface area contributed by atoms with Crippen molar-refractivity contribution in [2.24, 2.45) is 0 Å². The molecule has 6 nitrogen and oxygen atoms in total. The fraction of sp³-hybridized carbons (Fsp3) is 0.730. The first-order valence-electron chi connectivity index (χ1n) is 29.1. The summed E-state index contributed by atoms with van der Waals surface area (Å²) in [5.41, 5.74) is 0. The zero-order valence-electron chi connectivity index (χ0n) is 45.3. The molecule has 69 heavy (non-hydrogen) atoms. The van der Waals surface area contributed by atoms with Crippen molar-refractivity contribution in [1.29, 1.82) is 0 Å². The minimum atomic E-state index is -0.776. The number of allylic oxidation sites excluding steroid dienone is 14. The van der Waals surface area contributed by atoms with Gasteiger partial charge in [-0.1, -0.05) is 247 Å². The number of rotatable bonds is 52. The minimum Gasteiger partial charge on any atom is -0.462 e. The Morgan fingerprint density at radius 2 is 0.565 bits per heavy atom. The first-order valence-corrected chi connectivity index (χ1v) is 29.1. The second-order valence-electron chi connectivity index (χ2n) is 19.2. The van der Waals surface area contributed by atoms with E-state index >= 15 is 0 Å². The first kappa shape index (κ1) is 65.6. The third kappa shape index (κ3) is 55.4. The number of esters is 3. The maximum atomic E-state index is 12.8. The van der Waals surface area contributed by atoms with E-state index in [1.54, 1.807) is 0 Å². The molecule has 0 saturated heterocycles. The van der Waals surface area contributed by atoms with Crippen molar-refractivity contribution in [3.8, 4) is 0 Å². The van der Waals surface area contributed by atoms with Crippen LogP contribution in [0, 0.1) is 0 Å². The lowest BCUT2D eigenvalue weighted by Gasteiger charge is -2.18. The molecule has 0 saturated carbocycles. The Balaban J connectivity index is 4.05. The summed E-state index contributed by atoms with van der Waals surface area (Å²) >= 11 is 0. The zero-order valence-corrected chi connectivity index (χ0v) is 45.3. The highest BCUT2D eigenvalue weighted by atomic mass is 16.6. The summed E-state index contributed by atoms with van der Waals surface area (Å²) in [5, 5.41) is 0. The molecule has 0 rings (SSSR count). The Hall–Kier alpha value is -3.41. The van der Waals surface area contributed by atoms with Crippen molar-refractivity contribution in [3.63, 3.8) is 0 Å². The van der Waals surface area contributed by atoms with Crippen LogP contribution in [0.1, 0.15) is 278 Å². The topological polar surface area (TPSA) is 78.9 Å². The average molecular weight is 962 g/mol. The van der Waals surface area contributed by atoms with Gasteiger partial charge in [-0.25, -0.2) is 0 Å². The van der Waals surface area contributed by atoms with Gasteiger partial charge in [0.1, 0.15) is 13.2 Å². The number of unbranched alkanes of at least 4 members (excludes halogenated alkanes) is 27. The van der Waals surface area contributed by atoms with Crippen molar-refractivity contribution >= 4 is 17.9 Å². The van der Waals surface area contributed by atoms with Crippen LogP contribution in [-0.4, -0.2) is 37.2 Å². The van der Waals surface area contributed by atoms with Gasteiger partial charge in [0.15, 0.2) is 6.10 Å². The number of ether oxygens (including phenoxy) is 3. The number of carbonyl (C=O) groups excluding carboxylic acids is 3. The Morgan fingerprint density at radius 1 is 0.304 bits per heavy atom. The molecule has 0 spiro atoms. The van der Waals surface area contributed by atoms with E-state index in [2.05, 4.69) is 106 Å². The molecule has 0 aromatic heterocycles. The zero-order chi connectivity index (χ0) is 50.0. The van der Waals surface area contributed by atoms with Gasteiger partial charge in [0.05, 0.1) is 0 Å². The van der Waals surface area contributed by atoms with Gasteiger partial charge in [0.2, 0.25) is 0 Å². The van der Waals surface area contributed by atoms with Crippen LogP contribution in [-0.2, 0) is 28.6 Å². The predicted octanol–water partition coefficient (Wildman–Crippen LogP) is 19.5. The number of carbonyl (C=O) groups is 3. The Bertz CT molecular complexity index is 1330. The standard InChI is InChI=1S/C63H108O6/c1-4-7-10-13-16-18-20-22-24-25-26-27-28-29-30-31-32-33-34-35-36-37-38-39-40-42-43-45-47-50-53-56-62(65)68-59-60(58-67-61(64)55-52-49-15-12-9-6-3)69-63(66)57-54-51-48-46-44-41-23-21-19-17-14-11-8-5-2/h7,10,16,18,21-24,26-27,29-30,32-33,60H,4-6,8-9,11-15,17,19-20,25,28,31,34-59H2,1-3H3/b10-7-,18-16-,23-21-,24-22-,27-26-,30-29-,33-32-. The maximum absolute atomic E-state index is 12.8. The lowest BCUT2D eigenvalue weighted by molar-refractivity contribution is -0.167. The van der Waals surface area contributed by atoms with Gasteiger partial charge in [-0.2, -0.15) is 0 Å².